The van der Waals surface area contributed by atoms with Crippen molar-refractivity contribution in [3.05, 3.63) is 48.0 Å². The van der Waals surface area contributed by atoms with Gasteiger partial charge in [0, 0.05) is 12.6 Å². The molecule has 0 spiro atoms. The standard InChI is InChI=1S/C20H21F3N2O5S.C2H5NO.C2H6/c1-19(2,3)30-18(26)24-14-7-8-17-16(12-14)25(9-10-29-17)31(27,28)15-6-4-5-13(11-15)20(21,22)23;1-2(3)4;1-2/h4-8,11-12H,9-10H2,1-3H3,(H,24,26);1H3,(H2,3,4);1-2H3. The Balaban J connectivity index is 0.00000104. The fourth-order valence-corrected chi connectivity index (χ4v) is 4.40. The van der Waals surface area contributed by atoms with Crippen LogP contribution in [0.5, 0.6) is 5.75 Å². The number of alkyl halides is 3. The summed E-state index contributed by atoms with van der Waals surface area (Å²) in [5, 5.41) is 2.50. The van der Waals surface area contributed by atoms with Gasteiger partial charge in [0.25, 0.3) is 10.0 Å². The Bertz CT molecular complexity index is 1190. The van der Waals surface area contributed by atoms with E-state index in [1.54, 1.807) is 20.8 Å². The summed E-state index contributed by atoms with van der Waals surface area (Å²) < 4.78 is 77.0. The monoisotopic (exact) mass is 547 g/mol. The van der Waals surface area contributed by atoms with Gasteiger partial charge in [0.05, 0.1) is 22.7 Å². The van der Waals surface area contributed by atoms with Crippen molar-refractivity contribution in [3.63, 3.8) is 0 Å². The average Bonchev–Trinajstić information content (AvgIpc) is 2.78. The number of anilines is 2. The number of fused-ring (bicyclic) bond motifs is 1. The maximum atomic E-state index is 13.1. The predicted molar refractivity (Wildman–Crippen MR) is 134 cm³/mol. The molecule has 0 unspecified atom stereocenters. The molecule has 3 N–H and O–H groups in total. The van der Waals surface area contributed by atoms with Crippen LogP contribution in [-0.2, 0) is 25.7 Å². The summed E-state index contributed by atoms with van der Waals surface area (Å²) in [5.41, 5.74) is 3.00. The molecule has 0 saturated heterocycles. The Labute approximate surface area is 214 Å². The SMILES string of the molecule is CC.CC(C)(C)OC(=O)Nc1ccc2c(c1)N(S(=O)(=O)c1cccc(C(F)(F)F)c1)CCO2.CC(N)=O. The van der Waals surface area contributed by atoms with E-state index in [4.69, 9.17) is 9.47 Å². The number of hydrogen-bond acceptors (Lipinski definition) is 6. The Morgan fingerprint density at radius 2 is 1.68 bits per heavy atom. The van der Waals surface area contributed by atoms with E-state index in [9.17, 15) is 31.2 Å². The number of nitrogens with two attached hydrogens (primary N) is 1. The minimum Gasteiger partial charge on any atom is -0.489 e. The first-order chi connectivity index (χ1) is 17.0. The van der Waals surface area contributed by atoms with Gasteiger partial charge in [-0.2, -0.15) is 13.2 Å². The van der Waals surface area contributed by atoms with Crippen molar-refractivity contribution in [1.29, 1.82) is 0 Å². The van der Waals surface area contributed by atoms with E-state index in [-0.39, 0.29) is 36.2 Å². The van der Waals surface area contributed by atoms with Gasteiger partial charge in [-0.3, -0.25) is 14.4 Å². The average molecular weight is 548 g/mol. The third-order valence-corrected chi connectivity index (χ3v) is 5.98. The van der Waals surface area contributed by atoms with Gasteiger partial charge in [-0.05, 0) is 57.2 Å². The highest BCUT2D eigenvalue weighted by molar-refractivity contribution is 7.92. The number of amides is 2. The molecule has 0 radical (unpaired) electrons. The van der Waals surface area contributed by atoms with Crippen molar-refractivity contribution in [3.8, 4) is 5.75 Å². The second-order valence-electron chi connectivity index (χ2n) is 8.37. The van der Waals surface area contributed by atoms with E-state index < -0.39 is 38.4 Å². The lowest BCUT2D eigenvalue weighted by Gasteiger charge is -2.31. The van der Waals surface area contributed by atoms with Crippen LogP contribution in [0.25, 0.3) is 0 Å². The summed E-state index contributed by atoms with van der Waals surface area (Å²) in [5.74, 6) is -0.114. The van der Waals surface area contributed by atoms with Crippen molar-refractivity contribution in [1.82, 2.24) is 0 Å². The van der Waals surface area contributed by atoms with Crippen LogP contribution >= 0.6 is 0 Å². The Morgan fingerprint density at radius 1 is 1.08 bits per heavy atom. The largest absolute Gasteiger partial charge is 0.489 e. The van der Waals surface area contributed by atoms with E-state index in [1.165, 1.54) is 25.1 Å². The van der Waals surface area contributed by atoms with Crippen molar-refractivity contribution < 1.29 is 40.7 Å². The predicted octanol–water partition coefficient (Wildman–Crippen LogP) is 5.16. The first-order valence-corrected chi connectivity index (χ1v) is 12.7. The number of nitrogens with zero attached hydrogens (tertiary/aromatic N) is 1. The first-order valence-electron chi connectivity index (χ1n) is 11.2. The quantitative estimate of drug-likeness (QED) is 0.547. The highest BCUT2D eigenvalue weighted by atomic mass is 32.2. The van der Waals surface area contributed by atoms with Gasteiger partial charge in [0.15, 0.2) is 0 Å². The van der Waals surface area contributed by atoms with Crippen LogP contribution in [0.3, 0.4) is 0 Å². The number of carbonyl (C=O) groups is 2. The van der Waals surface area contributed by atoms with Gasteiger partial charge in [0.1, 0.15) is 18.0 Å². The highest BCUT2D eigenvalue weighted by Crippen LogP contribution is 2.38. The number of rotatable bonds is 3. The third kappa shape index (κ3) is 9.48. The summed E-state index contributed by atoms with van der Waals surface area (Å²) in [4.78, 5) is 20.7. The molecule has 2 amide bonds. The molecule has 0 aliphatic carbocycles. The molecule has 0 bridgehead atoms. The zero-order chi connectivity index (χ0) is 28.6. The summed E-state index contributed by atoms with van der Waals surface area (Å²) in [6.07, 6.45) is -5.42. The van der Waals surface area contributed by atoms with E-state index in [0.29, 0.717) is 6.07 Å². The van der Waals surface area contributed by atoms with Gasteiger partial charge in [0.2, 0.25) is 5.91 Å². The van der Waals surface area contributed by atoms with Crippen LogP contribution < -0.4 is 20.1 Å². The van der Waals surface area contributed by atoms with Gasteiger partial charge in [-0.15, -0.1) is 0 Å². The Kier molecular flexibility index (Phi) is 10.8. The van der Waals surface area contributed by atoms with Crippen molar-refractivity contribution in [2.24, 2.45) is 5.73 Å². The lowest BCUT2D eigenvalue weighted by atomic mass is 10.2. The van der Waals surface area contributed by atoms with Gasteiger partial charge >= 0.3 is 12.3 Å². The van der Waals surface area contributed by atoms with E-state index >= 15 is 0 Å². The van der Waals surface area contributed by atoms with Crippen molar-refractivity contribution in [2.75, 3.05) is 22.8 Å². The number of ether oxygens (including phenoxy) is 2. The molecule has 9 nitrogen and oxygen atoms in total. The highest BCUT2D eigenvalue weighted by Gasteiger charge is 2.35. The van der Waals surface area contributed by atoms with Crippen LogP contribution in [0, 0.1) is 0 Å². The molecule has 1 aliphatic rings. The van der Waals surface area contributed by atoms with Crippen molar-refractivity contribution >= 4 is 33.4 Å². The molecule has 0 aromatic heterocycles. The van der Waals surface area contributed by atoms with Gasteiger partial charge < -0.3 is 15.2 Å². The summed E-state index contributed by atoms with van der Waals surface area (Å²) >= 11 is 0. The molecule has 1 aliphatic heterocycles. The molecule has 206 valence electrons. The zero-order valence-corrected chi connectivity index (χ0v) is 22.3. The molecule has 1 heterocycles. The lowest BCUT2D eigenvalue weighted by Crippen LogP contribution is -2.38. The molecule has 0 atom stereocenters. The molecule has 2 aromatic rings. The molecular weight excluding hydrogens is 515 g/mol. The summed E-state index contributed by atoms with van der Waals surface area (Å²) in [6.45, 7) is 10.3. The Hall–Kier alpha value is -3.48. The van der Waals surface area contributed by atoms with E-state index in [2.05, 4.69) is 11.1 Å². The second-order valence-corrected chi connectivity index (χ2v) is 10.2. The number of benzene rings is 2. The van der Waals surface area contributed by atoms with Crippen LogP contribution in [-0.4, -0.2) is 39.2 Å². The summed E-state index contributed by atoms with van der Waals surface area (Å²) in [7, 11) is -4.32. The number of hydrogen-bond donors (Lipinski definition) is 2. The number of halogens is 3. The van der Waals surface area contributed by atoms with E-state index in [1.807, 2.05) is 13.8 Å². The minimum atomic E-state index is -4.68. The fraction of sp³-hybridized carbons (Fsp3) is 0.417. The molecule has 13 heteroatoms. The Morgan fingerprint density at radius 3 is 2.22 bits per heavy atom. The first kappa shape index (κ1) is 31.5. The van der Waals surface area contributed by atoms with Crippen molar-refractivity contribution in [2.45, 2.75) is 58.2 Å². The summed E-state index contributed by atoms with van der Waals surface area (Å²) in [6, 6.07) is 7.87. The van der Waals surface area contributed by atoms with Crippen LogP contribution in [0.4, 0.5) is 29.3 Å². The smallest absolute Gasteiger partial charge is 0.416 e. The molecule has 0 saturated carbocycles. The van der Waals surface area contributed by atoms with Gasteiger partial charge in [-0.1, -0.05) is 19.9 Å². The second kappa shape index (κ2) is 12.7. The van der Waals surface area contributed by atoms with Crippen LogP contribution in [0.1, 0.15) is 47.1 Å². The zero-order valence-electron chi connectivity index (χ0n) is 21.5. The fourth-order valence-electron chi connectivity index (χ4n) is 2.90. The lowest BCUT2D eigenvalue weighted by molar-refractivity contribution is -0.137. The van der Waals surface area contributed by atoms with Crippen LogP contribution in [0.15, 0.2) is 47.4 Å². The molecule has 3 rings (SSSR count). The molecule has 0 fully saturated rings. The molecular formula is C24H32F3N3O6S. The topological polar surface area (TPSA) is 128 Å². The third-order valence-electron chi connectivity index (χ3n) is 4.17. The number of sulfonamides is 1. The normalized spacial score (nSPS) is 12.9. The minimum absolute atomic E-state index is 0.0179. The molecule has 2 aromatic carbocycles. The molecule has 37 heavy (non-hydrogen) atoms. The van der Waals surface area contributed by atoms with E-state index in [0.717, 1.165) is 22.5 Å². The number of primary amides is 1. The van der Waals surface area contributed by atoms with Gasteiger partial charge in [-0.25, -0.2) is 13.2 Å². The maximum absolute atomic E-state index is 13.1. The number of nitrogens with one attached hydrogen (secondary N) is 1. The van der Waals surface area contributed by atoms with Crippen LogP contribution in [0.2, 0.25) is 0 Å². The maximum Gasteiger partial charge on any atom is 0.416 e. The number of carbonyl (C=O) groups excluding carboxylic acids is 2.